The van der Waals surface area contributed by atoms with Crippen molar-refractivity contribution < 1.29 is 33.4 Å². The number of esters is 2. The number of amides is 2. The van der Waals surface area contributed by atoms with Crippen LogP contribution in [0.2, 0.25) is 10.0 Å². The summed E-state index contributed by atoms with van der Waals surface area (Å²) in [7, 11) is 0. The summed E-state index contributed by atoms with van der Waals surface area (Å²) in [6.07, 6.45) is 1.06. The summed E-state index contributed by atoms with van der Waals surface area (Å²) in [5, 5.41) is -0.367. The van der Waals surface area contributed by atoms with Crippen LogP contribution < -0.4 is 4.74 Å². The standard InChI is InChI=1S/C19H19Cl2NO7S/c1-4-27-16(24)9-28-17-12(20)5-11(6-13(17)21)7-14-18(25)22(19(26)30-14)8-15(23)29-10(2)3/h5-7,10H,4,8-9H2,1-3H3/b14-7+. The number of ether oxygens (including phenoxy) is 3. The van der Waals surface area contributed by atoms with E-state index in [9.17, 15) is 19.2 Å². The molecule has 2 amide bonds. The molecule has 0 atom stereocenters. The van der Waals surface area contributed by atoms with Crippen LogP contribution in [0.5, 0.6) is 5.75 Å². The Labute approximate surface area is 187 Å². The van der Waals surface area contributed by atoms with E-state index in [1.807, 2.05) is 0 Å². The maximum absolute atomic E-state index is 12.5. The number of halogens is 2. The number of thioether (sulfide) groups is 1. The molecule has 1 aliphatic heterocycles. The van der Waals surface area contributed by atoms with Crippen LogP contribution in [0.25, 0.3) is 6.08 Å². The fourth-order valence-corrected chi connectivity index (χ4v) is 3.80. The molecule has 1 aromatic carbocycles. The van der Waals surface area contributed by atoms with E-state index in [1.165, 1.54) is 18.2 Å². The average Bonchev–Trinajstić information content (AvgIpc) is 2.88. The lowest BCUT2D eigenvalue weighted by molar-refractivity contribution is -0.149. The SMILES string of the molecule is CCOC(=O)COc1c(Cl)cc(/C=C2/SC(=O)N(CC(=O)OC(C)C)C2=O)cc1Cl. The quantitative estimate of drug-likeness (QED) is 0.411. The van der Waals surface area contributed by atoms with E-state index in [-0.39, 0.29) is 40.0 Å². The molecule has 0 unspecified atom stereocenters. The first-order valence-corrected chi connectivity index (χ1v) is 10.4. The lowest BCUT2D eigenvalue weighted by Crippen LogP contribution is -2.35. The Hall–Kier alpha value is -2.23. The predicted molar refractivity (Wildman–Crippen MR) is 112 cm³/mol. The minimum Gasteiger partial charge on any atom is -0.479 e. The largest absolute Gasteiger partial charge is 0.479 e. The van der Waals surface area contributed by atoms with Gasteiger partial charge in [0.25, 0.3) is 11.1 Å². The van der Waals surface area contributed by atoms with Crippen LogP contribution in [0.15, 0.2) is 17.0 Å². The van der Waals surface area contributed by atoms with Gasteiger partial charge in [-0.1, -0.05) is 23.2 Å². The van der Waals surface area contributed by atoms with E-state index >= 15 is 0 Å². The molecule has 0 bridgehead atoms. The lowest BCUT2D eigenvalue weighted by atomic mass is 10.2. The molecule has 30 heavy (non-hydrogen) atoms. The number of carbonyl (C=O) groups is 4. The van der Waals surface area contributed by atoms with Gasteiger partial charge < -0.3 is 14.2 Å². The summed E-state index contributed by atoms with van der Waals surface area (Å²) >= 11 is 13.0. The second kappa shape index (κ2) is 10.7. The monoisotopic (exact) mass is 475 g/mol. The van der Waals surface area contributed by atoms with Crippen molar-refractivity contribution in [3.63, 3.8) is 0 Å². The molecule has 1 aliphatic rings. The van der Waals surface area contributed by atoms with Gasteiger partial charge in [-0.15, -0.1) is 0 Å². The molecule has 0 aromatic heterocycles. The Kier molecular flexibility index (Phi) is 8.57. The van der Waals surface area contributed by atoms with Gasteiger partial charge in [-0.05, 0) is 56.3 Å². The summed E-state index contributed by atoms with van der Waals surface area (Å²) in [4.78, 5) is 48.7. The van der Waals surface area contributed by atoms with Gasteiger partial charge in [0.2, 0.25) is 0 Å². The Morgan fingerprint density at radius 2 is 1.80 bits per heavy atom. The van der Waals surface area contributed by atoms with Crippen molar-refractivity contribution in [3.8, 4) is 5.75 Å². The molecule has 0 saturated carbocycles. The summed E-state index contributed by atoms with van der Waals surface area (Å²) in [6, 6.07) is 2.93. The molecule has 1 aromatic rings. The van der Waals surface area contributed by atoms with Crippen LogP contribution >= 0.6 is 35.0 Å². The van der Waals surface area contributed by atoms with Gasteiger partial charge in [0, 0.05) is 0 Å². The highest BCUT2D eigenvalue weighted by Crippen LogP contribution is 2.37. The second-order valence-corrected chi connectivity index (χ2v) is 8.02. The molecule has 8 nitrogen and oxygen atoms in total. The van der Waals surface area contributed by atoms with Crippen molar-refractivity contribution in [2.45, 2.75) is 26.9 Å². The van der Waals surface area contributed by atoms with Crippen molar-refractivity contribution in [1.29, 1.82) is 0 Å². The third-order valence-corrected chi connectivity index (χ3v) is 4.95. The first kappa shape index (κ1) is 24.0. The van der Waals surface area contributed by atoms with Crippen molar-refractivity contribution in [2.24, 2.45) is 0 Å². The highest BCUT2D eigenvalue weighted by Gasteiger charge is 2.36. The van der Waals surface area contributed by atoms with E-state index in [1.54, 1.807) is 20.8 Å². The predicted octanol–water partition coefficient (Wildman–Crippen LogP) is 3.92. The molecule has 11 heteroatoms. The van der Waals surface area contributed by atoms with Crippen LogP contribution in [-0.4, -0.2) is 53.8 Å². The fourth-order valence-electron chi connectivity index (χ4n) is 2.35. The molecular weight excluding hydrogens is 457 g/mol. The van der Waals surface area contributed by atoms with Gasteiger partial charge in [0.05, 0.1) is 27.7 Å². The molecule has 0 N–H and O–H groups in total. The van der Waals surface area contributed by atoms with Crippen LogP contribution in [0.1, 0.15) is 26.3 Å². The third-order valence-electron chi connectivity index (χ3n) is 3.49. The van der Waals surface area contributed by atoms with Crippen molar-refractivity contribution >= 4 is 64.1 Å². The number of rotatable bonds is 8. The van der Waals surface area contributed by atoms with E-state index in [0.29, 0.717) is 17.3 Å². The molecule has 1 saturated heterocycles. The van der Waals surface area contributed by atoms with Crippen molar-refractivity contribution in [2.75, 3.05) is 19.8 Å². The van der Waals surface area contributed by atoms with Crippen molar-refractivity contribution in [3.05, 3.63) is 32.6 Å². The van der Waals surface area contributed by atoms with Gasteiger partial charge in [-0.2, -0.15) is 0 Å². The Bertz CT molecular complexity index is 878. The number of carbonyl (C=O) groups excluding carboxylic acids is 4. The smallest absolute Gasteiger partial charge is 0.344 e. The van der Waals surface area contributed by atoms with Crippen molar-refractivity contribution in [1.82, 2.24) is 4.90 Å². The topological polar surface area (TPSA) is 99.2 Å². The fraction of sp³-hybridized carbons (Fsp3) is 0.368. The minimum absolute atomic E-state index is 0.0908. The Morgan fingerprint density at radius 1 is 1.17 bits per heavy atom. The molecule has 2 rings (SSSR count). The van der Waals surface area contributed by atoms with E-state index < -0.39 is 29.6 Å². The van der Waals surface area contributed by atoms with Crippen LogP contribution in [0.3, 0.4) is 0 Å². The van der Waals surface area contributed by atoms with Gasteiger partial charge in [-0.3, -0.25) is 19.3 Å². The first-order valence-electron chi connectivity index (χ1n) is 8.84. The maximum Gasteiger partial charge on any atom is 0.344 e. The number of imide groups is 1. The normalized spacial score (nSPS) is 15.1. The van der Waals surface area contributed by atoms with Gasteiger partial charge >= 0.3 is 11.9 Å². The molecule has 0 spiro atoms. The molecule has 1 heterocycles. The lowest BCUT2D eigenvalue weighted by Gasteiger charge is -2.13. The molecule has 162 valence electrons. The average molecular weight is 476 g/mol. The molecule has 0 aliphatic carbocycles. The van der Waals surface area contributed by atoms with E-state index in [0.717, 1.165) is 4.90 Å². The highest BCUT2D eigenvalue weighted by atomic mass is 35.5. The summed E-state index contributed by atoms with van der Waals surface area (Å²) in [6.45, 7) is 4.38. The summed E-state index contributed by atoms with van der Waals surface area (Å²) in [5.41, 5.74) is 0.434. The van der Waals surface area contributed by atoms with Crippen LogP contribution in [0, 0.1) is 0 Å². The number of hydrogen-bond donors (Lipinski definition) is 0. The number of benzene rings is 1. The van der Waals surface area contributed by atoms with Crippen LogP contribution in [-0.2, 0) is 23.9 Å². The Balaban J connectivity index is 2.14. The number of nitrogens with zero attached hydrogens (tertiary/aromatic N) is 1. The second-order valence-electron chi connectivity index (χ2n) is 6.21. The Morgan fingerprint density at radius 3 is 2.37 bits per heavy atom. The third kappa shape index (κ3) is 6.38. The van der Waals surface area contributed by atoms with Gasteiger partial charge in [-0.25, -0.2) is 4.79 Å². The maximum atomic E-state index is 12.5. The zero-order valence-electron chi connectivity index (χ0n) is 16.4. The molecule has 0 radical (unpaired) electrons. The zero-order chi connectivity index (χ0) is 22.4. The number of hydrogen-bond acceptors (Lipinski definition) is 8. The highest BCUT2D eigenvalue weighted by molar-refractivity contribution is 8.18. The summed E-state index contributed by atoms with van der Waals surface area (Å²) < 4.78 is 15.0. The van der Waals surface area contributed by atoms with E-state index in [4.69, 9.17) is 37.4 Å². The van der Waals surface area contributed by atoms with E-state index in [2.05, 4.69) is 0 Å². The zero-order valence-corrected chi connectivity index (χ0v) is 18.7. The van der Waals surface area contributed by atoms with Crippen LogP contribution in [0.4, 0.5) is 4.79 Å². The molecular formula is C19H19Cl2NO7S. The first-order chi connectivity index (χ1) is 14.1. The molecule has 1 fully saturated rings. The van der Waals surface area contributed by atoms with Gasteiger partial charge in [0.1, 0.15) is 6.54 Å². The summed E-state index contributed by atoms with van der Waals surface area (Å²) in [5.74, 6) is -1.78. The minimum atomic E-state index is -0.678. The van der Waals surface area contributed by atoms with Gasteiger partial charge in [0.15, 0.2) is 12.4 Å².